The molecule has 1 N–H and O–H groups in total. The van der Waals surface area contributed by atoms with Crippen molar-refractivity contribution >= 4 is 21.7 Å². The van der Waals surface area contributed by atoms with Crippen LogP contribution in [-0.2, 0) is 5.41 Å². The highest BCUT2D eigenvalue weighted by molar-refractivity contribution is 9.10. The molecular formula is C14H16BrN5O. The number of aromatic amines is 1. The largest absolute Gasteiger partial charge is 0.306 e. The Morgan fingerprint density at radius 3 is 2.86 bits per heavy atom. The molecule has 5 rings (SSSR count). The van der Waals surface area contributed by atoms with Gasteiger partial charge >= 0.3 is 0 Å². The lowest BCUT2D eigenvalue weighted by Crippen LogP contribution is -2.44. The van der Waals surface area contributed by atoms with Gasteiger partial charge in [-0.15, -0.1) is 0 Å². The SMILES string of the molecule is CN1CCC2(CC1)c1c(nc3nc(Br)[nH]n3c1=O)C1CC12. The summed E-state index contributed by atoms with van der Waals surface area (Å²) in [6.07, 6.45) is 3.36. The number of piperidine rings is 1. The van der Waals surface area contributed by atoms with Crippen LogP contribution in [0, 0.1) is 5.92 Å². The maximum absolute atomic E-state index is 13.0. The van der Waals surface area contributed by atoms with E-state index in [4.69, 9.17) is 4.98 Å². The Hall–Kier alpha value is -1.21. The second kappa shape index (κ2) is 3.76. The molecule has 0 bridgehead atoms. The summed E-state index contributed by atoms with van der Waals surface area (Å²) in [6, 6.07) is 0. The Balaban J connectivity index is 1.78. The Morgan fingerprint density at radius 2 is 2.10 bits per heavy atom. The summed E-state index contributed by atoms with van der Waals surface area (Å²) in [5, 5.41) is 2.95. The van der Waals surface area contributed by atoms with E-state index < -0.39 is 0 Å². The molecule has 0 amide bonds. The van der Waals surface area contributed by atoms with Gasteiger partial charge in [0.15, 0.2) is 4.73 Å². The first-order valence-corrected chi connectivity index (χ1v) is 8.27. The first-order valence-electron chi connectivity index (χ1n) is 7.47. The minimum atomic E-state index is 0.0601. The van der Waals surface area contributed by atoms with Crippen LogP contribution in [0.4, 0.5) is 0 Å². The van der Waals surface area contributed by atoms with E-state index in [1.807, 2.05) is 0 Å². The molecule has 2 aromatic rings. The van der Waals surface area contributed by atoms with E-state index in [0.717, 1.165) is 37.2 Å². The molecule has 6 nitrogen and oxygen atoms in total. The van der Waals surface area contributed by atoms with Crippen molar-refractivity contribution in [2.45, 2.75) is 30.6 Å². The first-order chi connectivity index (χ1) is 10.1. The number of hydrogen-bond donors (Lipinski definition) is 1. The molecule has 3 aliphatic rings. The molecule has 110 valence electrons. The highest BCUT2D eigenvalue weighted by Crippen LogP contribution is 2.67. The van der Waals surface area contributed by atoms with E-state index in [0.29, 0.717) is 22.3 Å². The number of halogens is 1. The lowest BCUT2D eigenvalue weighted by Gasteiger charge is -2.39. The van der Waals surface area contributed by atoms with Crippen LogP contribution in [0.2, 0.25) is 0 Å². The number of likely N-dealkylation sites (tertiary alicyclic amines) is 1. The standard InChI is InChI=1S/C14H16BrN5O/c1-19-4-2-14(3-5-19)8-6-7(8)10-9(14)11(21)20-13(16-10)17-12(15)18-20/h7-8H,2-6H2,1H3,(H,16,17,18). The van der Waals surface area contributed by atoms with Crippen molar-refractivity contribution in [3.05, 3.63) is 26.3 Å². The molecule has 2 unspecified atom stereocenters. The van der Waals surface area contributed by atoms with E-state index in [9.17, 15) is 4.79 Å². The summed E-state index contributed by atoms with van der Waals surface area (Å²) in [7, 11) is 2.16. The first kappa shape index (κ1) is 12.3. The number of fused-ring (bicyclic) bond motifs is 6. The topological polar surface area (TPSA) is 66.3 Å². The van der Waals surface area contributed by atoms with Crippen molar-refractivity contribution in [1.82, 2.24) is 24.5 Å². The zero-order valence-corrected chi connectivity index (χ0v) is 13.4. The van der Waals surface area contributed by atoms with Crippen LogP contribution in [0.3, 0.4) is 0 Å². The average molecular weight is 350 g/mol. The summed E-state index contributed by atoms with van der Waals surface area (Å²) in [5.74, 6) is 1.62. The van der Waals surface area contributed by atoms with Gasteiger partial charge in [-0.3, -0.25) is 9.89 Å². The third kappa shape index (κ3) is 1.43. The molecule has 2 aromatic heterocycles. The number of nitrogens with zero attached hydrogens (tertiary/aromatic N) is 4. The quantitative estimate of drug-likeness (QED) is 0.777. The van der Waals surface area contributed by atoms with E-state index in [-0.39, 0.29) is 11.0 Å². The van der Waals surface area contributed by atoms with Crippen molar-refractivity contribution in [1.29, 1.82) is 0 Å². The van der Waals surface area contributed by atoms with Crippen LogP contribution in [0.1, 0.15) is 36.4 Å². The summed E-state index contributed by atoms with van der Waals surface area (Å²) in [4.78, 5) is 24.3. The van der Waals surface area contributed by atoms with Gasteiger partial charge in [0.2, 0.25) is 0 Å². The van der Waals surface area contributed by atoms with Crippen molar-refractivity contribution in [2.75, 3.05) is 20.1 Å². The van der Waals surface area contributed by atoms with Gasteiger partial charge in [-0.1, -0.05) is 0 Å². The summed E-state index contributed by atoms with van der Waals surface area (Å²) in [6.45, 7) is 2.13. The number of hydrogen-bond acceptors (Lipinski definition) is 4. The fraction of sp³-hybridized carbons (Fsp3) is 0.643. The van der Waals surface area contributed by atoms with E-state index >= 15 is 0 Å². The number of nitrogens with one attached hydrogen (secondary N) is 1. The summed E-state index contributed by atoms with van der Waals surface area (Å²) >= 11 is 3.30. The lowest BCUT2D eigenvalue weighted by atomic mass is 9.71. The smallest absolute Gasteiger partial charge is 0.278 e. The molecule has 1 saturated carbocycles. The fourth-order valence-electron chi connectivity index (χ4n) is 4.57. The predicted octanol–water partition coefficient (Wildman–Crippen LogP) is 1.26. The van der Waals surface area contributed by atoms with Crippen molar-refractivity contribution in [3.8, 4) is 0 Å². The Morgan fingerprint density at radius 1 is 1.33 bits per heavy atom. The Kier molecular flexibility index (Phi) is 2.21. The summed E-state index contributed by atoms with van der Waals surface area (Å²) < 4.78 is 2.05. The zero-order chi connectivity index (χ0) is 14.4. The van der Waals surface area contributed by atoms with Gasteiger partial charge in [-0.05, 0) is 61.2 Å². The lowest BCUT2D eigenvalue weighted by molar-refractivity contribution is 0.171. The molecule has 1 spiro atoms. The van der Waals surface area contributed by atoms with E-state index in [2.05, 4.69) is 38.0 Å². The zero-order valence-electron chi connectivity index (χ0n) is 11.8. The highest BCUT2D eigenvalue weighted by atomic mass is 79.9. The van der Waals surface area contributed by atoms with E-state index in [1.165, 1.54) is 10.9 Å². The predicted molar refractivity (Wildman–Crippen MR) is 80.6 cm³/mol. The maximum Gasteiger partial charge on any atom is 0.278 e. The molecule has 0 radical (unpaired) electrons. The van der Waals surface area contributed by atoms with Gasteiger partial charge in [0.05, 0.1) is 5.69 Å². The summed E-state index contributed by atoms with van der Waals surface area (Å²) in [5.41, 5.74) is 2.14. The van der Waals surface area contributed by atoms with Crippen LogP contribution < -0.4 is 5.56 Å². The maximum atomic E-state index is 13.0. The molecule has 7 heteroatoms. The highest BCUT2D eigenvalue weighted by Gasteiger charge is 2.63. The fourth-order valence-corrected chi connectivity index (χ4v) is 4.91. The van der Waals surface area contributed by atoms with Gasteiger partial charge in [-0.2, -0.15) is 9.50 Å². The molecule has 2 atom stereocenters. The minimum Gasteiger partial charge on any atom is -0.306 e. The van der Waals surface area contributed by atoms with Crippen molar-refractivity contribution in [3.63, 3.8) is 0 Å². The molecule has 3 heterocycles. The molecule has 2 fully saturated rings. The monoisotopic (exact) mass is 349 g/mol. The number of rotatable bonds is 0. The van der Waals surface area contributed by atoms with Crippen LogP contribution >= 0.6 is 15.9 Å². The third-order valence-electron chi connectivity index (χ3n) is 5.72. The average Bonchev–Trinajstić information content (AvgIpc) is 3.11. The van der Waals surface area contributed by atoms with Crippen molar-refractivity contribution in [2.24, 2.45) is 5.92 Å². The Labute approximate surface area is 129 Å². The van der Waals surface area contributed by atoms with Gasteiger partial charge in [0, 0.05) is 16.9 Å². The molecule has 21 heavy (non-hydrogen) atoms. The minimum absolute atomic E-state index is 0.0601. The van der Waals surface area contributed by atoms with Crippen molar-refractivity contribution < 1.29 is 0 Å². The van der Waals surface area contributed by atoms with Crippen LogP contribution in [0.5, 0.6) is 0 Å². The van der Waals surface area contributed by atoms with Crippen LogP contribution in [0.15, 0.2) is 9.53 Å². The van der Waals surface area contributed by atoms with Crippen LogP contribution in [0.25, 0.3) is 5.78 Å². The number of aromatic nitrogens is 4. The normalized spacial score (nSPS) is 29.8. The molecule has 0 aromatic carbocycles. The third-order valence-corrected chi connectivity index (χ3v) is 6.08. The van der Waals surface area contributed by atoms with Gasteiger partial charge in [0.1, 0.15) is 0 Å². The molecule has 1 aliphatic heterocycles. The molecule has 1 saturated heterocycles. The Bertz CT molecular complexity index is 817. The molecular weight excluding hydrogens is 334 g/mol. The number of H-pyrrole nitrogens is 1. The van der Waals surface area contributed by atoms with Gasteiger partial charge in [-0.25, -0.2) is 4.98 Å². The van der Waals surface area contributed by atoms with E-state index in [1.54, 1.807) is 0 Å². The second-order valence-electron chi connectivity index (χ2n) is 6.74. The molecule has 2 aliphatic carbocycles. The van der Waals surface area contributed by atoms with Gasteiger partial charge < -0.3 is 4.90 Å². The van der Waals surface area contributed by atoms with Crippen LogP contribution in [-0.4, -0.2) is 44.6 Å². The van der Waals surface area contributed by atoms with Gasteiger partial charge in [0.25, 0.3) is 11.3 Å². The second-order valence-corrected chi connectivity index (χ2v) is 7.49.